The molecule has 2 N–H and O–H groups in total. The van der Waals surface area contributed by atoms with Gasteiger partial charge < -0.3 is 15.4 Å². The molecule has 0 heterocycles. The van der Waals surface area contributed by atoms with Gasteiger partial charge in [-0.2, -0.15) is 0 Å². The molecule has 0 spiro atoms. The average molecular weight is 415 g/mol. The quantitative estimate of drug-likeness (QED) is 0.545. The Morgan fingerprint density at radius 3 is 2.23 bits per heavy atom. The lowest BCUT2D eigenvalue weighted by atomic mass is 10.1. The number of methoxy groups -OCH3 is 1. The molecule has 3 aromatic carbocycles. The molecule has 0 fully saturated rings. The summed E-state index contributed by atoms with van der Waals surface area (Å²) >= 11 is 0. The Hall–Kier alpha value is -3.86. The average Bonchev–Trinajstić information content (AvgIpc) is 2.80. The van der Waals surface area contributed by atoms with Crippen molar-refractivity contribution in [2.75, 3.05) is 13.7 Å². The number of amides is 2. The van der Waals surface area contributed by atoms with Crippen molar-refractivity contribution in [1.29, 1.82) is 0 Å². The van der Waals surface area contributed by atoms with Gasteiger partial charge in [0, 0.05) is 12.1 Å². The highest BCUT2D eigenvalue weighted by Gasteiger charge is 2.14. The van der Waals surface area contributed by atoms with Gasteiger partial charge in [-0.1, -0.05) is 60.2 Å². The van der Waals surface area contributed by atoms with Crippen LogP contribution in [0, 0.1) is 6.92 Å². The Kier molecular flexibility index (Phi) is 7.60. The van der Waals surface area contributed by atoms with Crippen LogP contribution < -0.4 is 15.4 Å². The maximum absolute atomic E-state index is 12.9. The van der Waals surface area contributed by atoms with Gasteiger partial charge in [-0.25, -0.2) is 0 Å². The molecular formula is C26H26N2O3. The first kappa shape index (κ1) is 21.8. The van der Waals surface area contributed by atoms with Gasteiger partial charge in [0.25, 0.3) is 11.8 Å². The van der Waals surface area contributed by atoms with E-state index in [0.717, 1.165) is 22.4 Å². The van der Waals surface area contributed by atoms with Crippen molar-refractivity contribution >= 4 is 17.9 Å². The van der Waals surface area contributed by atoms with Crippen molar-refractivity contribution in [1.82, 2.24) is 10.6 Å². The number of aryl methyl sites for hydroxylation is 1. The third-order valence-corrected chi connectivity index (χ3v) is 4.78. The van der Waals surface area contributed by atoms with Crippen LogP contribution in [0.1, 0.15) is 27.0 Å². The maximum Gasteiger partial charge on any atom is 0.267 e. The van der Waals surface area contributed by atoms with Crippen LogP contribution in [0.4, 0.5) is 0 Å². The minimum Gasteiger partial charge on any atom is -0.497 e. The summed E-state index contributed by atoms with van der Waals surface area (Å²) in [5.74, 6) is 0.0416. The molecule has 0 radical (unpaired) electrons. The van der Waals surface area contributed by atoms with Crippen LogP contribution >= 0.6 is 0 Å². The molecular weight excluding hydrogens is 388 g/mol. The van der Waals surface area contributed by atoms with Gasteiger partial charge in [0.2, 0.25) is 0 Å². The van der Waals surface area contributed by atoms with E-state index >= 15 is 0 Å². The predicted octanol–water partition coefficient (Wildman–Crippen LogP) is 4.13. The second kappa shape index (κ2) is 10.8. The summed E-state index contributed by atoms with van der Waals surface area (Å²) in [4.78, 5) is 25.6. The molecule has 2 amide bonds. The molecule has 0 saturated heterocycles. The molecule has 3 rings (SSSR count). The summed E-state index contributed by atoms with van der Waals surface area (Å²) in [6.07, 6.45) is 2.36. The molecule has 0 saturated carbocycles. The number of hydrogen-bond donors (Lipinski definition) is 2. The Labute approximate surface area is 182 Å². The first-order valence-corrected chi connectivity index (χ1v) is 10.1. The van der Waals surface area contributed by atoms with Gasteiger partial charge in [-0.3, -0.25) is 9.59 Å². The molecule has 0 aliphatic carbocycles. The van der Waals surface area contributed by atoms with Gasteiger partial charge >= 0.3 is 0 Å². The molecule has 5 nitrogen and oxygen atoms in total. The Morgan fingerprint density at radius 2 is 1.58 bits per heavy atom. The summed E-state index contributed by atoms with van der Waals surface area (Å²) in [5, 5.41) is 5.65. The van der Waals surface area contributed by atoms with Gasteiger partial charge in [-0.05, 0) is 54.8 Å². The van der Waals surface area contributed by atoms with Crippen molar-refractivity contribution in [2.24, 2.45) is 0 Å². The zero-order chi connectivity index (χ0) is 22.1. The van der Waals surface area contributed by atoms with Gasteiger partial charge in [0.15, 0.2) is 0 Å². The van der Waals surface area contributed by atoms with E-state index in [2.05, 4.69) is 10.6 Å². The highest BCUT2D eigenvalue weighted by Crippen LogP contribution is 2.14. The molecule has 0 aromatic heterocycles. The van der Waals surface area contributed by atoms with Crippen molar-refractivity contribution in [3.05, 3.63) is 107 Å². The van der Waals surface area contributed by atoms with E-state index in [9.17, 15) is 9.59 Å². The minimum atomic E-state index is -0.341. The maximum atomic E-state index is 12.9. The lowest BCUT2D eigenvalue weighted by Gasteiger charge is -2.12. The minimum absolute atomic E-state index is 0.184. The fraction of sp³-hybridized carbons (Fsp3) is 0.154. The van der Waals surface area contributed by atoms with Crippen molar-refractivity contribution in [2.45, 2.75) is 13.3 Å². The number of carbonyl (C=O) groups excluding carboxylic acids is 2. The zero-order valence-electron chi connectivity index (χ0n) is 17.7. The van der Waals surface area contributed by atoms with Crippen LogP contribution in [0.5, 0.6) is 5.75 Å². The predicted molar refractivity (Wildman–Crippen MR) is 123 cm³/mol. The van der Waals surface area contributed by atoms with Gasteiger partial charge in [0.05, 0.1) is 7.11 Å². The number of ether oxygens (including phenoxy) is 1. The first-order valence-electron chi connectivity index (χ1n) is 10.1. The van der Waals surface area contributed by atoms with Crippen LogP contribution in [-0.4, -0.2) is 25.5 Å². The molecule has 158 valence electrons. The van der Waals surface area contributed by atoms with E-state index < -0.39 is 0 Å². The van der Waals surface area contributed by atoms with Gasteiger partial charge in [0.1, 0.15) is 11.4 Å². The van der Waals surface area contributed by atoms with E-state index in [1.165, 1.54) is 0 Å². The molecule has 3 aromatic rings. The van der Waals surface area contributed by atoms with Crippen LogP contribution in [0.3, 0.4) is 0 Å². The number of hydrogen-bond acceptors (Lipinski definition) is 3. The molecule has 0 aliphatic heterocycles. The third kappa shape index (κ3) is 6.57. The topological polar surface area (TPSA) is 67.4 Å². The van der Waals surface area contributed by atoms with E-state index in [1.807, 2.05) is 61.5 Å². The van der Waals surface area contributed by atoms with Gasteiger partial charge in [-0.15, -0.1) is 0 Å². The van der Waals surface area contributed by atoms with E-state index in [-0.39, 0.29) is 17.5 Å². The number of rotatable bonds is 8. The van der Waals surface area contributed by atoms with E-state index in [1.54, 1.807) is 37.5 Å². The summed E-state index contributed by atoms with van der Waals surface area (Å²) in [6.45, 7) is 2.42. The number of nitrogens with one attached hydrogen (secondary N) is 2. The summed E-state index contributed by atoms with van der Waals surface area (Å²) in [5.41, 5.74) is 3.64. The van der Waals surface area contributed by atoms with Crippen molar-refractivity contribution in [3.8, 4) is 5.75 Å². The Balaban J connectivity index is 1.75. The Morgan fingerprint density at radius 1 is 0.903 bits per heavy atom. The molecule has 0 atom stereocenters. The summed E-state index contributed by atoms with van der Waals surface area (Å²) in [6, 6.07) is 24.4. The Bertz CT molecular complexity index is 1040. The third-order valence-electron chi connectivity index (χ3n) is 4.78. The lowest BCUT2D eigenvalue weighted by Crippen LogP contribution is -2.35. The van der Waals surface area contributed by atoms with Crippen LogP contribution in [0.15, 0.2) is 84.6 Å². The SMILES string of the molecule is COc1ccc(/C=C(/NC(=O)c2ccc(C)cc2)C(=O)NCCc2ccccc2)cc1. The van der Waals surface area contributed by atoms with E-state index in [0.29, 0.717) is 18.5 Å². The van der Waals surface area contributed by atoms with Crippen molar-refractivity contribution in [3.63, 3.8) is 0 Å². The smallest absolute Gasteiger partial charge is 0.267 e. The van der Waals surface area contributed by atoms with Crippen LogP contribution in [-0.2, 0) is 11.2 Å². The molecule has 0 aliphatic rings. The second-order valence-corrected chi connectivity index (χ2v) is 7.14. The fourth-order valence-corrected chi connectivity index (χ4v) is 2.98. The fourth-order valence-electron chi connectivity index (χ4n) is 2.98. The molecule has 31 heavy (non-hydrogen) atoms. The second-order valence-electron chi connectivity index (χ2n) is 7.14. The summed E-state index contributed by atoms with van der Waals surface area (Å²) < 4.78 is 5.18. The highest BCUT2D eigenvalue weighted by atomic mass is 16.5. The number of carbonyl (C=O) groups is 2. The van der Waals surface area contributed by atoms with E-state index in [4.69, 9.17) is 4.74 Å². The number of benzene rings is 3. The molecule has 0 bridgehead atoms. The van der Waals surface area contributed by atoms with Crippen molar-refractivity contribution < 1.29 is 14.3 Å². The zero-order valence-corrected chi connectivity index (χ0v) is 17.7. The monoisotopic (exact) mass is 414 g/mol. The molecule has 0 unspecified atom stereocenters. The lowest BCUT2D eigenvalue weighted by molar-refractivity contribution is -0.117. The summed E-state index contributed by atoms with van der Waals surface area (Å²) in [7, 11) is 1.60. The normalized spacial score (nSPS) is 11.0. The van der Waals surface area contributed by atoms with Crippen LogP contribution in [0.25, 0.3) is 6.08 Å². The standard InChI is InChI=1S/C26H26N2O3/c1-19-8-12-22(13-9-19)25(29)28-24(18-21-10-14-23(31-2)15-11-21)26(30)27-17-16-20-6-4-3-5-7-20/h3-15,18H,16-17H2,1-2H3,(H,27,30)(H,28,29)/b24-18+. The highest BCUT2D eigenvalue weighted by molar-refractivity contribution is 6.05. The largest absolute Gasteiger partial charge is 0.497 e. The molecule has 5 heteroatoms. The van der Waals surface area contributed by atoms with Crippen LogP contribution in [0.2, 0.25) is 0 Å². The first-order chi connectivity index (χ1) is 15.0.